The lowest BCUT2D eigenvalue weighted by Crippen LogP contribution is -2.57. The summed E-state index contributed by atoms with van der Waals surface area (Å²) in [7, 11) is 1.64. The number of hydrogen-bond donors (Lipinski definition) is 3. The highest BCUT2D eigenvalue weighted by atomic mass is 16.5. The molecule has 3 N–H and O–H groups in total. The summed E-state index contributed by atoms with van der Waals surface area (Å²) in [6.07, 6.45) is 2.75. The van der Waals surface area contributed by atoms with Crippen molar-refractivity contribution in [3.8, 4) is 5.75 Å². The number of ether oxygens (including phenoxy) is 1. The number of carbonyl (C=O) groups excluding carboxylic acids is 2. The van der Waals surface area contributed by atoms with Crippen LogP contribution in [0.5, 0.6) is 5.75 Å². The number of carbonyl (C=O) groups is 2. The number of piperidine rings is 1. The minimum Gasteiger partial charge on any atom is -0.497 e. The zero-order valence-corrected chi connectivity index (χ0v) is 20.1. The molecule has 33 heavy (non-hydrogen) atoms. The molecule has 2 aliphatic rings. The Morgan fingerprint density at radius 2 is 2.03 bits per heavy atom. The van der Waals surface area contributed by atoms with Crippen LogP contribution in [-0.2, 0) is 10.2 Å². The molecule has 1 aromatic heterocycles. The minimum absolute atomic E-state index is 0.0355. The summed E-state index contributed by atoms with van der Waals surface area (Å²) in [6, 6.07) is 5.65. The van der Waals surface area contributed by atoms with Gasteiger partial charge in [-0.25, -0.2) is 4.79 Å². The van der Waals surface area contributed by atoms with Gasteiger partial charge in [0, 0.05) is 60.2 Å². The number of benzene rings is 1. The zero-order valence-electron chi connectivity index (χ0n) is 20.1. The van der Waals surface area contributed by atoms with E-state index in [0.717, 1.165) is 41.6 Å². The summed E-state index contributed by atoms with van der Waals surface area (Å²) in [5, 5.41) is 14.4. The molecule has 1 atom stereocenters. The molecule has 1 saturated heterocycles. The van der Waals surface area contributed by atoms with E-state index >= 15 is 0 Å². The Hall–Kier alpha value is -2.74. The van der Waals surface area contributed by atoms with Gasteiger partial charge < -0.3 is 29.9 Å². The number of fused-ring (bicyclic) bond motifs is 4. The van der Waals surface area contributed by atoms with Crippen molar-refractivity contribution < 1.29 is 19.4 Å². The number of aliphatic hydroxyl groups is 1. The second-order valence-corrected chi connectivity index (χ2v) is 9.67. The number of rotatable bonds is 5. The van der Waals surface area contributed by atoms with Crippen molar-refractivity contribution >= 4 is 22.8 Å². The number of likely N-dealkylation sites (tertiary alicyclic amines) is 1. The fourth-order valence-electron chi connectivity index (χ4n) is 5.51. The first-order valence-corrected chi connectivity index (χ1v) is 12.0. The molecule has 8 nitrogen and oxygen atoms in total. The minimum atomic E-state index is -0.398. The van der Waals surface area contributed by atoms with Gasteiger partial charge in [0.1, 0.15) is 5.75 Å². The Labute approximate surface area is 195 Å². The van der Waals surface area contributed by atoms with Crippen molar-refractivity contribution in [2.24, 2.45) is 0 Å². The molecule has 0 saturated carbocycles. The average Bonchev–Trinajstić information content (AvgIpc) is 3.18. The molecule has 3 amide bonds. The van der Waals surface area contributed by atoms with E-state index in [9.17, 15) is 14.7 Å². The monoisotopic (exact) mass is 456 g/mol. The number of urea groups is 1. The number of aromatic nitrogens is 1. The van der Waals surface area contributed by atoms with Crippen LogP contribution >= 0.6 is 0 Å². The molecule has 180 valence electrons. The smallest absolute Gasteiger partial charge is 0.317 e. The van der Waals surface area contributed by atoms with Gasteiger partial charge >= 0.3 is 6.03 Å². The van der Waals surface area contributed by atoms with Crippen LogP contribution in [0, 0.1) is 0 Å². The van der Waals surface area contributed by atoms with Gasteiger partial charge in [-0.3, -0.25) is 4.79 Å². The lowest BCUT2D eigenvalue weighted by molar-refractivity contribution is -0.137. The fraction of sp³-hybridized carbons (Fsp3) is 0.600. The Morgan fingerprint density at radius 3 is 2.64 bits per heavy atom. The van der Waals surface area contributed by atoms with Gasteiger partial charge in [0.05, 0.1) is 19.8 Å². The van der Waals surface area contributed by atoms with E-state index in [-0.39, 0.29) is 30.0 Å². The predicted octanol–water partition coefficient (Wildman–Crippen LogP) is 3.30. The maximum atomic E-state index is 13.1. The normalized spacial score (nSPS) is 19.8. The average molecular weight is 457 g/mol. The number of hydrogen-bond acceptors (Lipinski definition) is 4. The van der Waals surface area contributed by atoms with Gasteiger partial charge in [-0.1, -0.05) is 6.92 Å². The highest BCUT2D eigenvalue weighted by Crippen LogP contribution is 2.49. The van der Waals surface area contributed by atoms with E-state index in [1.54, 1.807) is 7.11 Å². The molecule has 2 aromatic rings. The highest BCUT2D eigenvalue weighted by molar-refractivity contribution is 5.89. The summed E-state index contributed by atoms with van der Waals surface area (Å²) in [6.45, 7) is 7.60. The summed E-state index contributed by atoms with van der Waals surface area (Å²) in [5.41, 5.74) is 2.77. The van der Waals surface area contributed by atoms with E-state index in [1.807, 2.05) is 42.7 Å². The molecule has 1 spiro atoms. The van der Waals surface area contributed by atoms with Crippen molar-refractivity contribution in [1.82, 2.24) is 20.1 Å². The molecular formula is C25H36N4O4. The molecule has 2 aliphatic heterocycles. The molecule has 3 heterocycles. The van der Waals surface area contributed by atoms with E-state index in [2.05, 4.69) is 16.4 Å². The second kappa shape index (κ2) is 9.25. The van der Waals surface area contributed by atoms with Crippen LogP contribution in [0.15, 0.2) is 18.2 Å². The van der Waals surface area contributed by atoms with Crippen LogP contribution in [0.3, 0.4) is 0 Å². The molecule has 1 fully saturated rings. The number of methoxy groups -OCH3 is 1. The lowest BCUT2D eigenvalue weighted by atomic mass is 9.68. The number of nitrogens with zero attached hydrogens (tertiary/aromatic N) is 2. The summed E-state index contributed by atoms with van der Waals surface area (Å²) in [4.78, 5) is 33.0. The quantitative estimate of drug-likeness (QED) is 0.643. The highest BCUT2D eigenvalue weighted by Gasteiger charge is 2.48. The maximum absolute atomic E-state index is 13.1. The zero-order chi connectivity index (χ0) is 23.8. The number of nitrogens with one attached hydrogen (secondary N) is 2. The van der Waals surface area contributed by atoms with Crippen molar-refractivity contribution in [1.29, 1.82) is 0 Å². The third kappa shape index (κ3) is 4.16. The molecular weight excluding hydrogens is 420 g/mol. The SMILES string of the molecule is CCCC(=O)N1CC2(CCN(C(=O)NC(C)C)CC2)c2c([nH]c3cc(OC)ccc23)[C@H]1CO. The van der Waals surface area contributed by atoms with E-state index in [4.69, 9.17) is 4.74 Å². The fourth-order valence-corrected chi connectivity index (χ4v) is 5.51. The van der Waals surface area contributed by atoms with Crippen LogP contribution < -0.4 is 10.1 Å². The Bertz CT molecular complexity index is 1020. The molecule has 1 aromatic carbocycles. The molecule has 0 aliphatic carbocycles. The summed E-state index contributed by atoms with van der Waals surface area (Å²) in [5.74, 6) is 0.826. The second-order valence-electron chi connectivity index (χ2n) is 9.67. The first-order chi connectivity index (χ1) is 15.8. The van der Waals surface area contributed by atoms with Crippen LogP contribution in [0.2, 0.25) is 0 Å². The lowest BCUT2D eigenvalue weighted by Gasteiger charge is -2.50. The van der Waals surface area contributed by atoms with E-state index < -0.39 is 6.04 Å². The van der Waals surface area contributed by atoms with Gasteiger partial charge in [-0.2, -0.15) is 0 Å². The van der Waals surface area contributed by atoms with Crippen LogP contribution in [0.25, 0.3) is 10.9 Å². The molecule has 8 heteroatoms. The molecule has 0 unspecified atom stereocenters. The third-order valence-corrected chi connectivity index (χ3v) is 7.12. The van der Waals surface area contributed by atoms with Crippen molar-refractivity contribution in [2.75, 3.05) is 33.4 Å². The number of H-pyrrole nitrogens is 1. The molecule has 0 bridgehead atoms. The van der Waals surface area contributed by atoms with Gasteiger partial charge in [0.25, 0.3) is 0 Å². The number of aromatic amines is 1. The molecule has 0 radical (unpaired) electrons. The number of aliphatic hydroxyl groups excluding tert-OH is 1. The largest absolute Gasteiger partial charge is 0.497 e. The van der Waals surface area contributed by atoms with Gasteiger partial charge in [0.15, 0.2) is 0 Å². The third-order valence-electron chi connectivity index (χ3n) is 7.12. The Balaban J connectivity index is 1.77. The first-order valence-electron chi connectivity index (χ1n) is 12.0. The van der Waals surface area contributed by atoms with Crippen molar-refractivity contribution in [3.05, 3.63) is 29.5 Å². The Kier molecular flexibility index (Phi) is 6.56. The summed E-state index contributed by atoms with van der Waals surface area (Å²) < 4.78 is 5.42. The van der Waals surface area contributed by atoms with Crippen LogP contribution in [0.1, 0.15) is 63.8 Å². The van der Waals surface area contributed by atoms with Crippen LogP contribution in [0.4, 0.5) is 4.79 Å². The predicted molar refractivity (Wildman–Crippen MR) is 127 cm³/mol. The molecule has 4 rings (SSSR count). The maximum Gasteiger partial charge on any atom is 0.317 e. The summed E-state index contributed by atoms with van der Waals surface area (Å²) >= 11 is 0. The number of amides is 3. The van der Waals surface area contributed by atoms with Crippen molar-refractivity contribution in [3.63, 3.8) is 0 Å². The first kappa shape index (κ1) is 23.4. The van der Waals surface area contributed by atoms with E-state index in [0.29, 0.717) is 26.1 Å². The van der Waals surface area contributed by atoms with E-state index in [1.165, 1.54) is 5.56 Å². The van der Waals surface area contributed by atoms with Gasteiger partial charge in [0.2, 0.25) is 5.91 Å². The van der Waals surface area contributed by atoms with Crippen molar-refractivity contribution in [2.45, 2.75) is 64.0 Å². The Morgan fingerprint density at radius 1 is 1.30 bits per heavy atom. The van der Waals surface area contributed by atoms with Crippen LogP contribution in [-0.4, -0.2) is 71.2 Å². The standard InChI is InChI=1S/C25H36N4O4/c1-5-6-21(31)29-15-25(9-11-28(12-10-25)24(32)26-16(2)3)22-18-8-7-17(33-4)13-19(18)27-23(22)20(29)14-30/h7-8,13,16,20,27,30H,5-6,9-12,14-15H2,1-4H3,(H,26,32)/t20-/m1/s1. The topological polar surface area (TPSA) is 97.9 Å². The van der Waals surface area contributed by atoms with Gasteiger partial charge in [-0.05, 0) is 50.8 Å². The van der Waals surface area contributed by atoms with Gasteiger partial charge in [-0.15, -0.1) is 0 Å².